The van der Waals surface area contributed by atoms with E-state index in [1.807, 2.05) is 96.3 Å². The van der Waals surface area contributed by atoms with E-state index in [4.69, 9.17) is 18.8 Å². The van der Waals surface area contributed by atoms with Crippen LogP contribution in [0.3, 0.4) is 0 Å². The summed E-state index contributed by atoms with van der Waals surface area (Å²) < 4.78 is 19.4. The number of nitrogens with zero attached hydrogens (tertiary/aromatic N) is 5. The van der Waals surface area contributed by atoms with Crippen molar-refractivity contribution in [1.29, 1.82) is 0 Å². The number of para-hydroxylation sites is 9. The second-order valence-electron chi connectivity index (χ2n) is 36.4. The van der Waals surface area contributed by atoms with Gasteiger partial charge in [-0.2, -0.15) is 0 Å². The van der Waals surface area contributed by atoms with Crippen LogP contribution in [0.4, 0.5) is 0 Å². The Morgan fingerprint density at radius 2 is 0.541 bits per heavy atom. The quantitative estimate of drug-likeness (QED) is 0.114. The van der Waals surface area contributed by atoms with E-state index in [1.54, 1.807) is 22.7 Å². The lowest BCUT2D eigenvalue weighted by Crippen LogP contribution is -1.95. The second kappa shape index (κ2) is 42.6. The first-order valence-corrected chi connectivity index (χ1v) is 51.7. The molecule has 10 heteroatoms. The number of benzene rings is 21. The second-order valence-corrected chi connectivity index (χ2v) is 39.6. The van der Waals surface area contributed by atoms with Gasteiger partial charge in [-0.1, -0.05) is 406 Å². The lowest BCUT2D eigenvalue weighted by Gasteiger charge is -2.12. The van der Waals surface area contributed by atoms with Crippen LogP contribution in [0, 0.1) is 41.5 Å². The number of oxazole rings is 2. The molecule has 700 valence electrons. The van der Waals surface area contributed by atoms with E-state index >= 15 is 0 Å². The van der Waals surface area contributed by atoms with Crippen molar-refractivity contribution in [2.75, 3.05) is 0 Å². The van der Waals surface area contributed by atoms with E-state index in [0.29, 0.717) is 11.8 Å². The molecule has 0 N–H and O–H groups in total. The highest BCUT2D eigenvalue weighted by molar-refractivity contribution is 7.26. The molecule has 0 amide bonds. The molecule has 0 saturated heterocycles. The van der Waals surface area contributed by atoms with Gasteiger partial charge in [0.05, 0.1) is 31.5 Å². The van der Waals surface area contributed by atoms with Gasteiger partial charge in [-0.05, 0) is 255 Å². The number of thiazole rings is 2. The minimum Gasteiger partial charge on any atom is -0.436 e. The monoisotopic (exact) mass is 1930 g/mol. The summed E-state index contributed by atoms with van der Waals surface area (Å²) in [7, 11) is 0. The molecular weight excluding hydrogens is 1830 g/mol. The molecule has 0 fully saturated rings. The van der Waals surface area contributed by atoms with Crippen molar-refractivity contribution in [3.05, 3.63) is 537 Å². The molecule has 7 nitrogen and oxygen atoms in total. The lowest BCUT2D eigenvalue weighted by atomic mass is 9.95. The van der Waals surface area contributed by atoms with Crippen molar-refractivity contribution in [2.45, 2.75) is 41.5 Å². The van der Waals surface area contributed by atoms with Crippen molar-refractivity contribution >= 4 is 119 Å². The Hall–Kier alpha value is -17.6. The SMILES string of the molecule is Cc1cc(-c2cccc3c2sc2ccccc23)ccc1-c1ccccc1.Cc1ccccc1-c1ccc(-c2cccc3c4ccccc4n(-c4ccccc4)c23)cc1.Cc1ccccc1-c1ccc(-c2nc3ccccc3s2)cc1.Cc1ccccc1-c1cccc(-c2nc3ccccc3o2)c1.Cc1ccccc1-c1cccc(-c2nc3ccccc3s2)c1.Cc1ccccc1-c1ccccc1-c1nc2ccccc2o1. The van der Waals surface area contributed by atoms with Crippen molar-refractivity contribution in [2.24, 2.45) is 0 Å². The molecule has 0 aliphatic heterocycles. The van der Waals surface area contributed by atoms with Crippen LogP contribution in [0.5, 0.6) is 0 Å². The number of aryl methyl sites for hydroxylation is 6. The zero-order chi connectivity index (χ0) is 98.8. The topological polar surface area (TPSA) is 82.8 Å². The summed E-state index contributed by atoms with van der Waals surface area (Å²) in [6.45, 7) is 12.9. The predicted octanol–water partition coefficient (Wildman–Crippen LogP) is 38.9. The summed E-state index contributed by atoms with van der Waals surface area (Å²) in [5.74, 6) is 1.33. The van der Waals surface area contributed by atoms with Crippen LogP contribution >= 0.6 is 34.0 Å². The highest BCUT2D eigenvalue weighted by Crippen LogP contribution is 2.45. The van der Waals surface area contributed by atoms with E-state index < -0.39 is 0 Å². The summed E-state index contributed by atoms with van der Waals surface area (Å²) in [6.07, 6.45) is 0. The maximum absolute atomic E-state index is 5.94. The molecule has 6 aromatic heterocycles. The van der Waals surface area contributed by atoms with Crippen LogP contribution in [0.2, 0.25) is 0 Å². The Bertz CT molecular complexity index is 9050. The molecular formula is C136H101N5O2S3. The molecule has 6 heterocycles. The number of hydrogen-bond donors (Lipinski definition) is 0. The molecule has 0 unspecified atom stereocenters. The smallest absolute Gasteiger partial charge is 0.227 e. The molecule has 0 atom stereocenters. The van der Waals surface area contributed by atoms with Gasteiger partial charge in [-0.15, -0.1) is 34.0 Å². The molecule has 21 aromatic carbocycles. The van der Waals surface area contributed by atoms with E-state index in [9.17, 15) is 0 Å². The third kappa shape index (κ3) is 20.0. The van der Waals surface area contributed by atoms with Crippen LogP contribution in [0.1, 0.15) is 33.4 Å². The van der Waals surface area contributed by atoms with Crippen molar-refractivity contribution in [3.63, 3.8) is 0 Å². The number of hydrogen-bond acceptors (Lipinski definition) is 9. The van der Waals surface area contributed by atoms with Crippen LogP contribution in [-0.2, 0) is 0 Å². The largest absolute Gasteiger partial charge is 0.436 e. The summed E-state index contributed by atoms with van der Waals surface area (Å²) in [6, 6.07) is 176. The summed E-state index contributed by atoms with van der Waals surface area (Å²) >= 11 is 5.38. The van der Waals surface area contributed by atoms with E-state index in [1.165, 1.54) is 185 Å². The van der Waals surface area contributed by atoms with Crippen molar-refractivity contribution in [1.82, 2.24) is 24.5 Å². The van der Waals surface area contributed by atoms with Gasteiger partial charge in [0.2, 0.25) is 11.8 Å². The summed E-state index contributed by atoms with van der Waals surface area (Å²) in [4.78, 5) is 18.7. The summed E-state index contributed by atoms with van der Waals surface area (Å²) in [5.41, 5.74) is 41.4. The third-order valence-corrected chi connectivity index (χ3v) is 30.3. The first-order valence-electron chi connectivity index (χ1n) is 49.3. The van der Waals surface area contributed by atoms with Crippen molar-refractivity contribution < 1.29 is 8.83 Å². The molecule has 27 rings (SSSR count). The van der Waals surface area contributed by atoms with Gasteiger partial charge in [-0.3, -0.25) is 0 Å². The van der Waals surface area contributed by atoms with Crippen LogP contribution < -0.4 is 0 Å². The Labute approximate surface area is 862 Å². The Kier molecular flexibility index (Phi) is 27.3. The van der Waals surface area contributed by atoms with E-state index in [0.717, 1.165) is 59.9 Å². The Balaban J connectivity index is 0.000000100. The highest BCUT2D eigenvalue weighted by Gasteiger charge is 2.21. The average Bonchev–Trinajstić information content (AvgIpc) is 1.58. The summed E-state index contributed by atoms with van der Waals surface area (Å²) in [5, 5.41) is 7.43. The fourth-order valence-electron chi connectivity index (χ4n) is 19.4. The molecule has 27 aromatic rings. The first kappa shape index (κ1) is 93.3. The number of aromatic nitrogens is 5. The van der Waals surface area contributed by atoms with Gasteiger partial charge >= 0.3 is 0 Å². The van der Waals surface area contributed by atoms with E-state index in [2.05, 4.69) is 475 Å². The Morgan fingerprint density at radius 1 is 0.192 bits per heavy atom. The van der Waals surface area contributed by atoms with Gasteiger partial charge in [0.15, 0.2) is 11.2 Å². The van der Waals surface area contributed by atoms with E-state index in [-0.39, 0.29) is 0 Å². The highest BCUT2D eigenvalue weighted by atomic mass is 32.1. The molecule has 0 spiro atoms. The molecule has 146 heavy (non-hydrogen) atoms. The minimum atomic E-state index is 0.664. The number of rotatable bonds is 13. The van der Waals surface area contributed by atoms with Gasteiger partial charge in [0.25, 0.3) is 0 Å². The average molecular weight is 1930 g/mol. The predicted molar refractivity (Wildman–Crippen MR) is 621 cm³/mol. The van der Waals surface area contributed by atoms with Gasteiger partial charge in [-0.25, -0.2) is 19.9 Å². The molecule has 0 aliphatic carbocycles. The fourth-order valence-corrected chi connectivity index (χ4v) is 22.6. The molecule has 0 saturated carbocycles. The molecule has 0 bridgehead atoms. The van der Waals surface area contributed by atoms with Crippen LogP contribution in [-0.4, -0.2) is 24.5 Å². The first-order chi connectivity index (χ1) is 71.9. The molecule has 0 radical (unpaired) electrons. The van der Waals surface area contributed by atoms with Gasteiger partial charge < -0.3 is 13.4 Å². The van der Waals surface area contributed by atoms with Gasteiger partial charge in [0, 0.05) is 64.4 Å². The number of thiophene rings is 1. The maximum Gasteiger partial charge on any atom is 0.227 e. The minimum absolute atomic E-state index is 0.664. The normalized spacial score (nSPS) is 11.1. The number of fused-ring (bicyclic) bond motifs is 10. The maximum atomic E-state index is 5.94. The van der Waals surface area contributed by atoms with Crippen molar-refractivity contribution in [3.8, 4) is 139 Å². The standard InChI is InChI=1S/C31H23N.C25H18S.2C20H15NO.2C20H15NS/c1-22-10-5-6-13-26(22)23-18-20-24(21-19-23)27-15-9-16-29-28-14-7-8-17-30(28)32(31(27)29)25-11-3-2-4-12-25;1-17-16-19(14-15-20(17)18-8-3-2-4-9-18)21-11-7-12-23-22-10-5-6-13-24(22)26-25(21)23;1-14-8-2-3-9-15(14)16-10-4-5-11-17(16)20-21-18-12-6-7-13-19(18)22-20;2*1-14-7-2-3-10-17(14)15-8-6-9-16(13-15)20-21-18-11-4-5-12-19(18)22-20;1-14-6-2-3-7-17(14)15-10-12-16(13-11-15)20-21-18-8-4-5-9-19(18)22-20/h2-21H,1H3;2-16H,1H3;4*2-13H,1H3. The fraction of sp³-hybridized carbons (Fsp3) is 0.0441. The lowest BCUT2D eigenvalue weighted by molar-refractivity contribution is 0.619. The zero-order valence-electron chi connectivity index (χ0n) is 81.7. The zero-order valence-corrected chi connectivity index (χ0v) is 84.1. The Morgan fingerprint density at radius 3 is 1.09 bits per heavy atom. The third-order valence-electron chi connectivity index (χ3n) is 26.9. The van der Waals surface area contributed by atoms with Gasteiger partial charge in [0.1, 0.15) is 21.0 Å². The van der Waals surface area contributed by atoms with Crippen LogP contribution in [0.25, 0.3) is 223 Å². The molecule has 0 aliphatic rings. The van der Waals surface area contributed by atoms with Crippen LogP contribution in [0.15, 0.2) is 512 Å².